The van der Waals surface area contributed by atoms with E-state index in [2.05, 4.69) is 29.2 Å². The minimum absolute atomic E-state index is 0.102. The molecule has 1 atom stereocenters. The summed E-state index contributed by atoms with van der Waals surface area (Å²) in [5.41, 5.74) is 2.14. The summed E-state index contributed by atoms with van der Waals surface area (Å²) in [5.74, 6) is 0.0247. The Balaban J connectivity index is 1.37. The van der Waals surface area contributed by atoms with E-state index in [1.165, 1.54) is 11.6 Å². The lowest BCUT2D eigenvalue weighted by Gasteiger charge is -2.40. The molecule has 2 aromatic carbocycles. The highest BCUT2D eigenvalue weighted by Gasteiger charge is 2.43. The van der Waals surface area contributed by atoms with Crippen molar-refractivity contribution in [1.29, 1.82) is 0 Å². The molecule has 3 aromatic rings. The van der Waals surface area contributed by atoms with E-state index in [0.29, 0.717) is 64.3 Å². The number of para-hydroxylation sites is 1. The fraction of sp³-hybridized carbons (Fsp3) is 0.429. The smallest absolute Gasteiger partial charge is 0.229 e. The van der Waals surface area contributed by atoms with Crippen LogP contribution in [0.2, 0.25) is 0 Å². The van der Waals surface area contributed by atoms with Crippen LogP contribution in [-0.2, 0) is 27.1 Å². The summed E-state index contributed by atoms with van der Waals surface area (Å²) >= 11 is 0. The van der Waals surface area contributed by atoms with Crippen molar-refractivity contribution in [2.24, 2.45) is 11.3 Å². The third-order valence-corrected chi connectivity index (χ3v) is 7.24. The van der Waals surface area contributed by atoms with Crippen LogP contribution in [0.4, 0.5) is 4.39 Å². The third-order valence-electron chi connectivity index (χ3n) is 7.24. The van der Waals surface area contributed by atoms with Gasteiger partial charge < -0.3 is 14.4 Å². The van der Waals surface area contributed by atoms with Crippen LogP contribution in [0.3, 0.4) is 0 Å². The van der Waals surface area contributed by atoms with Crippen molar-refractivity contribution in [3.05, 3.63) is 77.7 Å². The second kappa shape index (κ2) is 10.2. The lowest BCUT2D eigenvalue weighted by Crippen LogP contribution is -2.50. The lowest BCUT2D eigenvalue weighted by molar-refractivity contribution is -0.148. The summed E-state index contributed by atoms with van der Waals surface area (Å²) in [7, 11) is 0. The number of pyridine rings is 1. The normalized spacial score (nSPS) is 20.7. The molecular weight excluding hydrogens is 431 g/mol. The van der Waals surface area contributed by atoms with Gasteiger partial charge in [-0.15, -0.1) is 0 Å². The Morgan fingerprint density at radius 2 is 1.79 bits per heavy atom. The maximum Gasteiger partial charge on any atom is 0.229 e. The predicted octanol–water partition coefficient (Wildman–Crippen LogP) is 4.43. The Kier molecular flexibility index (Phi) is 6.88. The molecule has 0 bridgehead atoms. The molecule has 0 spiro atoms. The van der Waals surface area contributed by atoms with Crippen LogP contribution in [0.15, 0.2) is 60.8 Å². The summed E-state index contributed by atoms with van der Waals surface area (Å²) in [5, 5.41) is 1.12. The van der Waals surface area contributed by atoms with E-state index in [-0.39, 0.29) is 17.6 Å². The second-order valence-corrected chi connectivity index (χ2v) is 9.55. The molecule has 5 nitrogen and oxygen atoms in total. The summed E-state index contributed by atoms with van der Waals surface area (Å²) in [6.45, 7) is 3.36. The summed E-state index contributed by atoms with van der Waals surface area (Å²) < 4.78 is 26.1. The standard InChI is InChI=1S/C28H31FN2O3/c29-25-9-2-1-5-24(25)18-28(10-14-33-15-11-28)27(32)31-13-16-34-20-21(19-31)17-23-7-3-6-22-8-4-12-30-26(22)23/h1-9,12,21H,10-11,13-20H2. The second-order valence-electron chi connectivity index (χ2n) is 9.55. The molecule has 2 aliphatic heterocycles. The Morgan fingerprint density at radius 3 is 2.65 bits per heavy atom. The molecule has 1 unspecified atom stereocenters. The molecule has 2 aliphatic rings. The number of carbonyl (C=O) groups is 1. The van der Waals surface area contributed by atoms with E-state index in [1.54, 1.807) is 12.1 Å². The molecular formula is C28H31FN2O3. The minimum Gasteiger partial charge on any atom is -0.381 e. The predicted molar refractivity (Wildman–Crippen MR) is 129 cm³/mol. The topological polar surface area (TPSA) is 51.7 Å². The van der Waals surface area contributed by atoms with Crippen molar-refractivity contribution in [3.63, 3.8) is 0 Å². The maximum absolute atomic E-state index is 14.5. The quantitative estimate of drug-likeness (QED) is 0.563. The molecule has 2 saturated heterocycles. The molecule has 3 heterocycles. The Bertz CT molecular complexity index is 1140. The van der Waals surface area contributed by atoms with Crippen molar-refractivity contribution in [1.82, 2.24) is 9.88 Å². The first-order valence-electron chi connectivity index (χ1n) is 12.2. The van der Waals surface area contributed by atoms with Crippen LogP contribution in [0.5, 0.6) is 0 Å². The van der Waals surface area contributed by atoms with Crippen molar-refractivity contribution in [3.8, 4) is 0 Å². The number of halogens is 1. The molecule has 6 heteroatoms. The zero-order valence-electron chi connectivity index (χ0n) is 19.4. The van der Waals surface area contributed by atoms with Gasteiger partial charge in [-0.3, -0.25) is 9.78 Å². The fourth-order valence-electron chi connectivity index (χ4n) is 5.40. The molecule has 1 amide bonds. The van der Waals surface area contributed by atoms with Crippen molar-refractivity contribution < 1.29 is 18.7 Å². The zero-order valence-corrected chi connectivity index (χ0v) is 19.4. The maximum atomic E-state index is 14.5. The summed E-state index contributed by atoms with van der Waals surface area (Å²) in [6, 6.07) is 17.1. The highest BCUT2D eigenvalue weighted by atomic mass is 19.1. The SMILES string of the molecule is O=C(N1CCOCC(Cc2cccc3cccnc23)C1)C1(Cc2ccccc2F)CCOCC1. The highest BCUT2D eigenvalue weighted by Crippen LogP contribution is 2.37. The van der Waals surface area contributed by atoms with Crippen LogP contribution in [0.25, 0.3) is 10.9 Å². The highest BCUT2D eigenvalue weighted by molar-refractivity contribution is 5.83. The Morgan fingerprint density at radius 1 is 1.00 bits per heavy atom. The molecule has 5 rings (SSSR count). The number of amides is 1. The fourth-order valence-corrected chi connectivity index (χ4v) is 5.40. The van der Waals surface area contributed by atoms with Crippen molar-refractivity contribution in [2.45, 2.75) is 25.7 Å². The molecule has 0 N–H and O–H groups in total. The average Bonchev–Trinajstić information content (AvgIpc) is 3.11. The minimum atomic E-state index is -0.643. The van der Waals surface area contributed by atoms with Crippen LogP contribution >= 0.6 is 0 Å². The Hall–Kier alpha value is -2.83. The summed E-state index contributed by atoms with van der Waals surface area (Å²) in [6.07, 6.45) is 4.23. The van der Waals surface area contributed by atoms with Crippen LogP contribution in [0, 0.1) is 17.2 Å². The van der Waals surface area contributed by atoms with E-state index in [0.717, 1.165) is 17.3 Å². The van der Waals surface area contributed by atoms with Gasteiger partial charge >= 0.3 is 0 Å². The molecule has 0 aliphatic carbocycles. The first kappa shape index (κ1) is 22.9. The Labute approximate surface area is 199 Å². The van der Waals surface area contributed by atoms with Gasteiger partial charge in [-0.1, -0.05) is 42.5 Å². The van der Waals surface area contributed by atoms with E-state index in [9.17, 15) is 9.18 Å². The lowest BCUT2D eigenvalue weighted by atomic mass is 9.73. The molecule has 1 aromatic heterocycles. The summed E-state index contributed by atoms with van der Waals surface area (Å²) in [4.78, 5) is 20.6. The van der Waals surface area contributed by atoms with Crippen molar-refractivity contribution in [2.75, 3.05) is 39.5 Å². The molecule has 178 valence electrons. The van der Waals surface area contributed by atoms with E-state index in [4.69, 9.17) is 9.47 Å². The number of fused-ring (bicyclic) bond motifs is 1. The number of hydrogen-bond donors (Lipinski definition) is 0. The number of carbonyl (C=O) groups excluding carboxylic acids is 1. The molecule has 34 heavy (non-hydrogen) atoms. The monoisotopic (exact) mass is 462 g/mol. The number of hydrogen-bond acceptors (Lipinski definition) is 4. The number of nitrogens with zero attached hydrogens (tertiary/aromatic N) is 2. The first-order valence-corrected chi connectivity index (χ1v) is 12.2. The van der Waals surface area contributed by atoms with Crippen LogP contribution in [-0.4, -0.2) is 55.3 Å². The first-order chi connectivity index (χ1) is 16.6. The largest absolute Gasteiger partial charge is 0.381 e. The van der Waals surface area contributed by atoms with Gasteiger partial charge in [-0.25, -0.2) is 4.39 Å². The van der Waals surface area contributed by atoms with Gasteiger partial charge in [0.15, 0.2) is 0 Å². The van der Waals surface area contributed by atoms with Gasteiger partial charge in [-0.05, 0) is 48.9 Å². The number of rotatable bonds is 5. The van der Waals surface area contributed by atoms with E-state index >= 15 is 0 Å². The van der Waals surface area contributed by atoms with Gasteiger partial charge in [0, 0.05) is 43.8 Å². The van der Waals surface area contributed by atoms with Gasteiger partial charge in [0.2, 0.25) is 5.91 Å². The molecule has 0 saturated carbocycles. The molecule has 2 fully saturated rings. The van der Waals surface area contributed by atoms with Gasteiger partial charge in [-0.2, -0.15) is 0 Å². The molecule has 0 radical (unpaired) electrons. The zero-order chi connectivity index (χ0) is 23.4. The van der Waals surface area contributed by atoms with Gasteiger partial charge in [0.1, 0.15) is 5.82 Å². The van der Waals surface area contributed by atoms with Crippen molar-refractivity contribution >= 4 is 16.8 Å². The van der Waals surface area contributed by atoms with Gasteiger partial charge in [0.25, 0.3) is 0 Å². The van der Waals surface area contributed by atoms with E-state index < -0.39 is 5.41 Å². The van der Waals surface area contributed by atoms with Crippen LogP contribution < -0.4 is 0 Å². The average molecular weight is 463 g/mol. The number of benzene rings is 2. The van der Waals surface area contributed by atoms with Gasteiger partial charge in [0.05, 0.1) is 24.1 Å². The third kappa shape index (κ3) is 4.84. The number of ether oxygens (including phenoxy) is 2. The van der Waals surface area contributed by atoms with E-state index in [1.807, 2.05) is 23.2 Å². The number of aromatic nitrogens is 1. The van der Waals surface area contributed by atoms with Crippen LogP contribution in [0.1, 0.15) is 24.0 Å².